The third-order valence-corrected chi connectivity index (χ3v) is 3.77. The van der Waals surface area contributed by atoms with Gasteiger partial charge in [0.1, 0.15) is 11.6 Å². The molecule has 7 heteroatoms. The average Bonchev–Trinajstić information content (AvgIpc) is 2.29. The van der Waals surface area contributed by atoms with Gasteiger partial charge in [-0.15, -0.1) is 0 Å². The van der Waals surface area contributed by atoms with Crippen LogP contribution in [-0.2, 0) is 10.0 Å². The minimum absolute atomic E-state index is 0.0315. The summed E-state index contributed by atoms with van der Waals surface area (Å²) < 4.78 is 40.5. The lowest BCUT2D eigenvalue weighted by atomic mass is 10.1. The van der Waals surface area contributed by atoms with Gasteiger partial charge in [0.25, 0.3) is 0 Å². The highest BCUT2D eigenvalue weighted by atomic mass is 35.5. The number of benzene rings is 1. The normalized spacial score (nSPS) is 13.3. The van der Waals surface area contributed by atoms with Crippen molar-refractivity contribution >= 4 is 21.6 Å². The molecule has 0 aliphatic heterocycles. The van der Waals surface area contributed by atoms with Gasteiger partial charge in [0.15, 0.2) is 0 Å². The number of primary sulfonamides is 1. The molecular formula is C12H17ClFNO3S. The van der Waals surface area contributed by atoms with Gasteiger partial charge in [-0.25, -0.2) is 17.9 Å². The maximum atomic E-state index is 13.0. The Balaban J connectivity index is 2.62. The third kappa shape index (κ3) is 6.22. The van der Waals surface area contributed by atoms with Gasteiger partial charge in [-0.05, 0) is 18.6 Å². The van der Waals surface area contributed by atoms with E-state index in [-0.39, 0.29) is 23.3 Å². The van der Waals surface area contributed by atoms with Crippen molar-refractivity contribution in [2.45, 2.75) is 19.8 Å². The summed E-state index contributed by atoms with van der Waals surface area (Å²) in [5, 5.41) is 4.99. The molecule has 0 fully saturated rings. The van der Waals surface area contributed by atoms with Crippen LogP contribution in [0.5, 0.6) is 5.75 Å². The van der Waals surface area contributed by atoms with Crippen LogP contribution in [0.25, 0.3) is 0 Å². The second-order valence-electron chi connectivity index (χ2n) is 4.37. The highest BCUT2D eigenvalue weighted by Gasteiger charge is 2.16. The lowest BCUT2D eigenvalue weighted by molar-refractivity contribution is 0.252. The van der Waals surface area contributed by atoms with Crippen molar-refractivity contribution in [1.82, 2.24) is 0 Å². The van der Waals surface area contributed by atoms with Gasteiger partial charge in [-0.3, -0.25) is 0 Å². The molecule has 0 saturated heterocycles. The first kappa shape index (κ1) is 16.2. The fourth-order valence-corrected chi connectivity index (χ4v) is 2.82. The molecule has 19 heavy (non-hydrogen) atoms. The summed E-state index contributed by atoms with van der Waals surface area (Å²) >= 11 is 5.63. The molecule has 0 bridgehead atoms. The van der Waals surface area contributed by atoms with Gasteiger partial charge in [-0.2, -0.15) is 0 Å². The molecule has 0 radical (unpaired) electrons. The zero-order valence-electron chi connectivity index (χ0n) is 10.6. The van der Waals surface area contributed by atoms with Crippen LogP contribution in [0.4, 0.5) is 4.39 Å². The summed E-state index contributed by atoms with van der Waals surface area (Å²) in [6, 6.07) is 4.00. The fourth-order valence-electron chi connectivity index (χ4n) is 1.73. The average molecular weight is 310 g/mol. The first-order chi connectivity index (χ1) is 8.81. The zero-order valence-corrected chi connectivity index (χ0v) is 12.2. The first-order valence-corrected chi connectivity index (χ1v) is 7.99. The van der Waals surface area contributed by atoms with Crippen LogP contribution < -0.4 is 9.88 Å². The molecule has 0 aliphatic rings. The minimum atomic E-state index is -3.53. The molecule has 1 unspecified atom stereocenters. The molecule has 1 aromatic carbocycles. The minimum Gasteiger partial charge on any atom is -0.493 e. The van der Waals surface area contributed by atoms with Crippen molar-refractivity contribution in [3.05, 3.63) is 29.0 Å². The molecule has 1 atom stereocenters. The van der Waals surface area contributed by atoms with Gasteiger partial charge in [-0.1, -0.05) is 24.9 Å². The Morgan fingerprint density at radius 3 is 2.68 bits per heavy atom. The van der Waals surface area contributed by atoms with Crippen molar-refractivity contribution in [2.75, 3.05) is 12.4 Å². The quantitative estimate of drug-likeness (QED) is 0.841. The number of nitrogens with two attached hydrogens (primary N) is 1. The molecule has 1 aromatic rings. The van der Waals surface area contributed by atoms with Crippen LogP contribution in [0.3, 0.4) is 0 Å². The molecule has 2 N–H and O–H groups in total. The Labute approximate surface area is 117 Å². The maximum Gasteiger partial charge on any atom is 0.209 e. The number of hydrogen-bond donors (Lipinski definition) is 1. The van der Waals surface area contributed by atoms with Crippen molar-refractivity contribution in [3.8, 4) is 5.75 Å². The summed E-state index contributed by atoms with van der Waals surface area (Å²) in [5.74, 6) is -0.440. The van der Waals surface area contributed by atoms with E-state index in [9.17, 15) is 12.8 Å². The highest BCUT2D eigenvalue weighted by Crippen LogP contribution is 2.22. The number of halogens is 2. The lowest BCUT2D eigenvalue weighted by Gasteiger charge is -2.16. The second kappa shape index (κ2) is 7.07. The number of hydrogen-bond acceptors (Lipinski definition) is 3. The van der Waals surface area contributed by atoms with E-state index in [0.717, 1.165) is 6.42 Å². The van der Waals surface area contributed by atoms with Crippen LogP contribution in [0.2, 0.25) is 5.02 Å². The smallest absolute Gasteiger partial charge is 0.209 e. The Kier molecular flexibility index (Phi) is 6.03. The van der Waals surface area contributed by atoms with E-state index in [4.69, 9.17) is 21.5 Å². The molecule has 0 heterocycles. The van der Waals surface area contributed by atoms with Crippen LogP contribution in [-0.4, -0.2) is 20.8 Å². The molecule has 0 aromatic heterocycles. The summed E-state index contributed by atoms with van der Waals surface area (Å²) in [4.78, 5) is 0. The van der Waals surface area contributed by atoms with Crippen molar-refractivity contribution < 1.29 is 17.5 Å². The highest BCUT2D eigenvalue weighted by molar-refractivity contribution is 7.89. The summed E-state index contributed by atoms with van der Waals surface area (Å²) in [7, 11) is -3.53. The molecule has 0 aliphatic carbocycles. The van der Waals surface area contributed by atoms with E-state index in [1.165, 1.54) is 18.2 Å². The predicted octanol–water partition coefficient (Wildman–Crippen LogP) is 2.56. The standard InChI is InChI=1S/C12H17ClFNO3S/c1-2-3-9(8-19(15,16)17)7-18-10-4-5-12(14)11(13)6-10/h4-6,9H,2-3,7-8H2,1H3,(H2,15,16,17). The maximum absolute atomic E-state index is 13.0. The molecule has 0 spiro atoms. The summed E-state index contributed by atoms with van der Waals surface area (Å²) in [5.41, 5.74) is 0. The summed E-state index contributed by atoms with van der Waals surface area (Å²) in [6.45, 7) is 2.15. The lowest BCUT2D eigenvalue weighted by Crippen LogP contribution is -2.26. The van der Waals surface area contributed by atoms with E-state index in [2.05, 4.69) is 0 Å². The van der Waals surface area contributed by atoms with Crippen molar-refractivity contribution in [2.24, 2.45) is 11.1 Å². The topological polar surface area (TPSA) is 69.4 Å². The van der Waals surface area contributed by atoms with Crippen molar-refractivity contribution in [1.29, 1.82) is 0 Å². The number of rotatable bonds is 7. The van der Waals surface area contributed by atoms with Gasteiger partial charge >= 0.3 is 0 Å². The second-order valence-corrected chi connectivity index (χ2v) is 6.44. The van der Waals surface area contributed by atoms with Crippen LogP contribution in [0, 0.1) is 11.7 Å². The predicted molar refractivity (Wildman–Crippen MR) is 73.3 cm³/mol. The summed E-state index contributed by atoms with van der Waals surface area (Å²) in [6.07, 6.45) is 1.51. The van der Waals surface area contributed by atoms with E-state index in [1.807, 2.05) is 6.92 Å². The van der Waals surface area contributed by atoms with Crippen molar-refractivity contribution in [3.63, 3.8) is 0 Å². The molecule has 0 saturated carbocycles. The largest absolute Gasteiger partial charge is 0.493 e. The van der Waals surface area contributed by atoms with Crippen LogP contribution >= 0.6 is 11.6 Å². The Morgan fingerprint density at radius 2 is 2.16 bits per heavy atom. The molecule has 108 valence electrons. The molecule has 4 nitrogen and oxygen atoms in total. The first-order valence-electron chi connectivity index (χ1n) is 5.90. The monoisotopic (exact) mass is 309 g/mol. The van der Waals surface area contributed by atoms with Gasteiger partial charge in [0.2, 0.25) is 10.0 Å². The Morgan fingerprint density at radius 1 is 1.47 bits per heavy atom. The van der Waals surface area contributed by atoms with E-state index >= 15 is 0 Å². The van der Waals surface area contributed by atoms with Gasteiger partial charge < -0.3 is 4.74 Å². The van der Waals surface area contributed by atoms with E-state index in [0.29, 0.717) is 12.2 Å². The third-order valence-electron chi connectivity index (χ3n) is 2.54. The fraction of sp³-hybridized carbons (Fsp3) is 0.500. The Hall–Kier alpha value is -0.850. The van der Waals surface area contributed by atoms with Gasteiger partial charge in [0.05, 0.1) is 17.4 Å². The SMILES string of the molecule is CCCC(COc1ccc(F)c(Cl)c1)CS(N)(=O)=O. The zero-order chi connectivity index (χ0) is 14.5. The molecule has 1 rings (SSSR count). The number of sulfonamides is 1. The molecule has 0 amide bonds. The van der Waals surface area contributed by atoms with Gasteiger partial charge in [0, 0.05) is 12.0 Å². The Bertz CT molecular complexity index is 522. The van der Waals surface area contributed by atoms with Crippen LogP contribution in [0.15, 0.2) is 18.2 Å². The number of ether oxygens (including phenoxy) is 1. The van der Waals surface area contributed by atoms with Crippen LogP contribution in [0.1, 0.15) is 19.8 Å². The van der Waals surface area contributed by atoms with E-state index < -0.39 is 15.8 Å². The van der Waals surface area contributed by atoms with E-state index in [1.54, 1.807) is 0 Å². The molecular weight excluding hydrogens is 293 g/mol.